The van der Waals surface area contributed by atoms with E-state index in [-0.39, 0.29) is 12.6 Å². The number of aliphatic hydroxyl groups excluding tert-OH is 1. The van der Waals surface area contributed by atoms with Crippen molar-refractivity contribution in [2.45, 2.75) is 6.04 Å². The molecule has 0 aliphatic rings. The fourth-order valence-corrected chi connectivity index (χ4v) is 0.173. The molecule has 0 fully saturated rings. The lowest BCUT2D eigenvalue weighted by molar-refractivity contribution is -0.742. The molecule has 0 saturated heterocycles. The summed E-state index contributed by atoms with van der Waals surface area (Å²) in [6.07, 6.45) is 0. The van der Waals surface area contributed by atoms with Crippen molar-refractivity contribution in [2.75, 3.05) is 12.4 Å². The van der Waals surface area contributed by atoms with Crippen molar-refractivity contribution < 1.29 is 15.4 Å². The number of nitrogens with zero attached hydrogens (tertiary/aromatic N) is 1. The molecule has 7 heteroatoms. The first-order valence-corrected chi connectivity index (χ1v) is 2.98. The first kappa shape index (κ1) is 12.2. The van der Waals surface area contributed by atoms with Crippen LogP contribution in [0.5, 0.6) is 0 Å². The van der Waals surface area contributed by atoms with Gasteiger partial charge in [-0.25, -0.2) is 0 Å². The van der Waals surface area contributed by atoms with Gasteiger partial charge in [-0.3, -0.25) is 0 Å². The van der Waals surface area contributed by atoms with Gasteiger partial charge in [0.25, 0.3) is 5.09 Å². The third kappa shape index (κ3) is 26.0. The molecular formula is C3H10N2O4S. The van der Waals surface area contributed by atoms with Gasteiger partial charge in [-0.1, -0.05) is 0 Å². The second-order valence-corrected chi connectivity index (χ2v) is 1.73. The lowest BCUT2D eigenvalue weighted by atomic mass is 10.4. The van der Waals surface area contributed by atoms with Crippen molar-refractivity contribution >= 4 is 12.6 Å². The first-order chi connectivity index (χ1) is 4.54. The molecule has 0 aromatic rings. The molecule has 6 nitrogen and oxygen atoms in total. The second-order valence-electron chi connectivity index (χ2n) is 1.36. The summed E-state index contributed by atoms with van der Waals surface area (Å²) in [7, 11) is 0. The van der Waals surface area contributed by atoms with Crippen LogP contribution in [-0.2, 0) is 0 Å². The first-order valence-electron chi connectivity index (χ1n) is 2.35. The van der Waals surface area contributed by atoms with Crippen molar-refractivity contribution in [1.29, 1.82) is 0 Å². The van der Waals surface area contributed by atoms with Crippen LogP contribution in [0.1, 0.15) is 0 Å². The Morgan fingerprint density at radius 3 is 2.10 bits per heavy atom. The lowest BCUT2D eigenvalue weighted by Gasteiger charge is -1.98. The van der Waals surface area contributed by atoms with Crippen molar-refractivity contribution in [3.05, 3.63) is 10.1 Å². The molecule has 0 aromatic carbocycles. The van der Waals surface area contributed by atoms with Crippen molar-refractivity contribution in [3.63, 3.8) is 0 Å². The molecule has 0 aliphatic heterocycles. The number of thiol groups is 1. The van der Waals surface area contributed by atoms with Crippen molar-refractivity contribution in [1.82, 2.24) is 0 Å². The Bertz CT molecular complexity index is 82.6. The zero-order valence-corrected chi connectivity index (χ0v) is 6.07. The van der Waals surface area contributed by atoms with Gasteiger partial charge in [0.15, 0.2) is 0 Å². The monoisotopic (exact) mass is 170 g/mol. The molecular weight excluding hydrogens is 160 g/mol. The maximum atomic E-state index is 8.36. The highest BCUT2D eigenvalue weighted by molar-refractivity contribution is 7.80. The van der Waals surface area contributed by atoms with Gasteiger partial charge >= 0.3 is 0 Å². The van der Waals surface area contributed by atoms with Gasteiger partial charge in [-0.15, -0.1) is 10.1 Å². The molecule has 0 amide bonds. The highest BCUT2D eigenvalue weighted by atomic mass is 32.1. The topological polar surface area (TPSA) is 110 Å². The predicted octanol–water partition coefficient (Wildman–Crippen LogP) is -1.11. The van der Waals surface area contributed by atoms with Crippen LogP contribution < -0.4 is 5.73 Å². The van der Waals surface area contributed by atoms with E-state index in [1.54, 1.807) is 0 Å². The van der Waals surface area contributed by atoms with Crippen LogP contribution in [0.2, 0.25) is 0 Å². The average Bonchev–Trinajstić information content (AvgIpc) is 1.85. The van der Waals surface area contributed by atoms with Gasteiger partial charge in [-0.05, 0) is 0 Å². The smallest absolute Gasteiger partial charge is 0.291 e. The van der Waals surface area contributed by atoms with E-state index in [1.807, 2.05) is 0 Å². The second kappa shape index (κ2) is 8.47. The van der Waals surface area contributed by atoms with Gasteiger partial charge in [-0.2, -0.15) is 12.6 Å². The quantitative estimate of drug-likeness (QED) is 0.238. The summed E-state index contributed by atoms with van der Waals surface area (Å²) in [5.41, 5.74) is 5.15. The van der Waals surface area contributed by atoms with E-state index in [9.17, 15) is 0 Å². The molecule has 0 spiro atoms. The molecule has 0 bridgehead atoms. The van der Waals surface area contributed by atoms with E-state index in [2.05, 4.69) is 12.6 Å². The van der Waals surface area contributed by atoms with E-state index in [0.717, 1.165) is 0 Å². The summed E-state index contributed by atoms with van der Waals surface area (Å²) in [5, 5.41) is 21.8. The highest BCUT2D eigenvalue weighted by Gasteiger charge is 1.90. The molecule has 1 atom stereocenters. The fourth-order valence-electron chi connectivity index (χ4n) is 0.0577. The van der Waals surface area contributed by atoms with Crippen LogP contribution in [0.15, 0.2) is 0 Å². The number of rotatable bonds is 2. The number of hydrogen-bond donors (Lipinski definition) is 4. The van der Waals surface area contributed by atoms with Gasteiger partial charge in [0, 0.05) is 11.8 Å². The van der Waals surface area contributed by atoms with Gasteiger partial charge in [0.2, 0.25) is 0 Å². The summed E-state index contributed by atoms with van der Waals surface area (Å²) in [6, 6.07) is -0.145. The van der Waals surface area contributed by atoms with Crippen LogP contribution in [0.25, 0.3) is 0 Å². The molecule has 62 valence electrons. The van der Waals surface area contributed by atoms with Crippen LogP contribution in [0.4, 0.5) is 0 Å². The standard InChI is InChI=1S/C3H9NOS.HNO3/c4-3(1-5)2-6;2-1(3)4/h3,5-6H,1-2,4H2;(H,2,3,4). The average molecular weight is 170 g/mol. The lowest BCUT2D eigenvalue weighted by Crippen LogP contribution is -2.25. The van der Waals surface area contributed by atoms with Crippen molar-refractivity contribution in [2.24, 2.45) is 5.73 Å². The Hall–Kier alpha value is -0.530. The van der Waals surface area contributed by atoms with Gasteiger partial charge in [0.1, 0.15) is 0 Å². The van der Waals surface area contributed by atoms with E-state index in [0.29, 0.717) is 5.75 Å². The minimum atomic E-state index is -1.50. The molecule has 0 aliphatic carbocycles. The molecule has 0 heterocycles. The van der Waals surface area contributed by atoms with Crippen LogP contribution in [-0.4, -0.2) is 33.8 Å². The maximum Gasteiger partial charge on any atom is 0.291 e. The summed E-state index contributed by atoms with van der Waals surface area (Å²) < 4.78 is 0. The van der Waals surface area contributed by atoms with Crippen LogP contribution >= 0.6 is 12.6 Å². The van der Waals surface area contributed by atoms with E-state index in [4.69, 9.17) is 26.2 Å². The Kier molecular flexibility index (Phi) is 10.3. The number of nitrogens with two attached hydrogens (primary N) is 1. The molecule has 4 N–H and O–H groups in total. The minimum absolute atomic E-state index is 0.0312. The van der Waals surface area contributed by atoms with Crippen molar-refractivity contribution in [3.8, 4) is 0 Å². The van der Waals surface area contributed by atoms with E-state index in [1.165, 1.54) is 0 Å². The van der Waals surface area contributed by atoms with Gasteiger partial charge < -0.3 is 16.0 Å². The van der Waals surface area contributed by atoms with E-state index >= 15 is 0 Å². The summed E-state index contributed by atoms with van der Waals surface area (Å²) in [5.74, 6) is 0.552. The zero-order chi connectivity index (χ0) is 8.57. The Balaban J connectivity index is 0. The molecule has 10 heavy (non-hydrogen) atoms. The molecule has 0 saturated carbocycles. The third-order valence-corrected chi connectivity index (χ3v) is 0.938. The normalized spacial score (nSPS) is 11.1. The van der Waals surface area contributed by atoms with Crippen LogP contribution in [0.3, 0.4) is 0 Å². The molecule has 1 unspecified atom stereocenters. The predicted molar refractivity (Wildman–Crippen MR) is 37.7 cm³/mol. The Labute approximate surface area is 63.2 Å². The summed E-state index contributed by atoms with van der Waals surface area (Å²) in [4.78, 5) is 8.36. The maximum absolute atomic E-state index is 8.36. The Morgan fingerprint density at radius 1 is 1.80 bits per heavy atom. The number of aliphatic hydroxyl groups is 1. The largest absolute Gasteiger partial charge is 0.395 e. The summed E-state index contributed by atoms with van der Waals surface area (Å²) in [6.45, 7) is 0.0312. The fraction of sp³-hybridized carbons (Fsp3) is 1.00. The Morgan fingerprint density at radius 2 is 2.10 bits per heavy atom. The third-order valence-electron chi connectivity index (χ3n) is 0.469. The SMILES string of the molecule is NC(CO)CS.O=[N+]([O-])O. The van der Waals surface area contributed by atoms with Gasteiger partial charge in [0.05, 0.1) is 6.61 Å². The summed E-state index contributed by atoms with van der Waals surface area (Å²) >= 11 is 3.81. The van der Waals surface area contributed by atoms with E-state index < -0.39 is 5.09 Å². The highest BCUT2D eigenvalue weighted by Crippen LogP contribution is 1.77. The molecule has 0 aromatic heterocycles. The van der Waals surface area contributed by atoms with Crippen LogP contribution in [0, 0.1) is 10.1 Å². The molecule has 0 radical (unpaired) electrons. The molecule has 0 rings (SSSR count). The zero-order valence-electron chi connectivity index (χ0n) is 5.17. The number of hydrogen-bond acceptors (Lipinski definition) is 5. The minimum Gasteiger partial charge on any atom is -0.395 e.